The summed E-state index contributed by atoms with van der Waals surface area (Å²) in [4.78, 5) is 31.3. The molecule has 1 aliphatic heterocycles. The van der Waals surface area contributed by atoms with E-state index in [0.29, 0.717) is 16.4 Å². The number of carbonyl (C=O) groups excluding carboxylic acids is 2. The summed E-state index contributed by atoms with van der Waals surface area (Å²) in [6.07, 6.45) is 1.54. The molecule has 7 heteroatoms. The molecule has 1 N–H and O–H groups in total. The molecule has 2 heterocycles. The smallest absolute Gasteiger partial charge is 0.300 e. The SMILES string of the molecule is O=C1C(=O)N(c2ccc(Cl)cc2)C(c2ccccn2)/C1=C(/O)c1ccc(F)cc1. The number of anilines is 1. The van der Waals surface area contributed by atoms with Crippen LogP contribution in [0.1, 0.15) is 17.3 Å². The van der Waals surface area contributed by atoms with Crippen LogP contribution < -0.4 is 4.90 Å². The number of aliphatic hydroxyl groups is 1. The molecule has 0 aliphatic carbocycles. The molecule has 3 aromatic rings. The van der Waals surface area contributed by atoms with Crippen LogP contribution in [0.25, 0.3) is 5.76 Å². The van der Waals surface area contributed by atoms with Gasteiger partial charge < -0.3 is 5.11 Å². The van der Waals surface area contributed by atoms with Crippen LogP contribution in [0.4, 0.5) is 10.1 Å². The number of hydrogen-bond acceptors (Lipinski definition) is 4. The molecule has 1 amide bonds. The van der Waals surface area contributed by atoms with E-state index in [0.717, 1.165) is 0 Å². The Hall–Kier alpha value is -3.51. The minimum Gasteiger partial charge on any atom is -0.507 e. The van der Waals surface area contributed by atoms with Gasteiger partial charge in [-0.05, 0) is 60.7 Å². The number of nitrogens with zero attached hydrogens (tertiary/aromatic N) is 2. The number of hydrogen-bond donors (Lipinski definition) is 1. The lowest BCUT2D eigenvalue weighted by atomic mass is 9.98. The van der Waals surface area contributed by atoms with Crippen molar-refractivity contribution in [1.29, 1.82) is 0 Å². The molecule has 144 valence electrons. The summed E-state index contributed by atoms with van der Waals surface area (Å²) in [7, 11) is 0. The van der Waals surface area contributed by atoms with E-state index in [9.17, 15) is 19.1 Å². The molecule has 1 atom stereocenters. The van der Waals surface area contributed by atoms with Crippen LogP contribution >= 0.6 is 11.6 Å². The first-order chi connectivity index (χ1) is 14.0. The Morgan fingerprint density at radius 1 is 1.00 bits per heavy atom. The van der Waals surface area contributed by atoms with Crippen molar-refractivity contribution in [3.8, 4) is 0 Å². The van der Waals surface area contributed by atoms with Crippen LogP contribution in [0.2, 0.25) is 5.02 Å². The zero-order chi connectivity index (χ0) is 20.5. The lowest BCUT2D eigenvalue weighted by molar-refractivity contribution is -0.132. The van der Waals surface area contributed by atoms with E-state index in [1.807, 2.05) is 0 Å². The quantitative estimate of drug-likeness (QED) is 0.393. The van der Waals surface area contributed by atoms with Crippen molar-refractivity contribution in [3.05, 3.63) is 101 Å². The van der Waals surface area contributed by atoms with Crippen molar-refractivity contribution in [3.63, 3.8) is 0 Å². The summed E-state index contributed by atoms with van der Waals surface area (Å²) in [5.41, 5.74) is 0.951. The van der Waals surface area contributed by atoms with Crippen molar-refractivity contribution < 1.29 is 19.1 Å². The molecule has 29 heavy (non-hydrogen) atoms. The highest BCUT2D eigenvalue weighted by molar-refractivity contribution is 6.51. The average Bonchev–Trinajstić information content (AvgIpc) is 3.00. The monoisotopic (exact) mass is 408 g/mol. The third-order valence-electron chi connectivity index (χ3n) is 4.63. The zero-order valence-corrected chi connectivity index (χ0v) is 15.7. The third-order valence-corrected chi connectivity index (χ3v) is 4.89. The van der Waals surface area contributed by atoms with Gasteiger partial charge in [-0.1, -0.05) is 17.7 Å². The van der Waals surface area contributed by atoms with Gasteiger partial charge >= 0.3 is 0 Å². The molecule has 1 unspecified atom stereocenters. The molecule has 0 bridgehead atoms. The fourth-order valence-electron chi connectivity index (χ4n) is 3.28. The van der Waals surface area contributed by atoms with Crippen LogP contribution in [0.15, 0.2) is 78.5 Å². The lowest BCUT2D eigenvalue weighted by Gasteiger charge is -2.24. The number of halogens is 2. The van der Waals surface area contributed by atoms with Gasteiger partial charge in [0.05, 0.1) is 11.3 Å². The first-order valence-electron chi connectivity index (χ1n) is 8.71. The Labute approximate surface area is 170 Å². The van der Waals surface area contributed by atoms with E-state index in [1.54, 1.807) is 42.5 Å². The third kappa shape index (κ3) is 3.39. The summed E-state index contributed by atoms with van der Waals surface area (Å²) >= 11 is 5.95. The van der Waals surface area contributed by atoms with Crippen LogP contribution in [-0.4, -0.2) is 21.8 Å². The number of benzene rings is 2. The van der Waals surface area contributed by atoms with E-state index >= 15 is 0 Å². The van der Waals surface area contributed by atoms with Crippen molar-refractivity contribution in [2.24, 2.45) is 0 Å². The van der Waals surface area contributed by atoms with E-state index < -0.39 is 29.3 Å². The lowest BCUT2D eigenvalue weighted by Crippen LogP contribution is -2.29. The second kappa shape index (κ2) is 7.48. The van der Waals surface area contributed by atoms with Gasteiger partial charge in [0.15, 0.2) is 0 Å². The largest absolute Gasteiger partial charge is 0.507 e. The van der Waals surface area contributed by atoms with Gasteiger partial charge in [0.1, 0.15) is 17.6 Å². The summed E-state index contributed by atoms with van der Waals surface area (Å²) in [5.74, 6) is -2.52. The fourth-order valence-corrected chi connectivity index (χ4v) is 3.41. The highest BCUT2D eigenvalue weighted by Crippen LogP contribution is 2.41. The average molecular weight is 409 g/mol. The van der Waals surface area contributed by atoms with Crippen LogP contribution in [-0.2, 0) is 9.59 Å². The van der Waals surface area contributed by atoms with Gasteiger partial charge in [-0.2, -0.15) is 0 Å². The van der Waals surface area contributed by atoms with Crippen molar-refractivity contribution >= 4 is 34.7 Å². The number of rotatable bonds is 3. The number of amides is 1. The van der Waals surface area contributed by atoms with E-state index in [1.165, 1.54) is 35.4 Å². The molecule has 4 rings (SSSR count). The van der Waals surface area contributed by atoms with Crippen LogP contribution in [0.5, 0.6) is 0 Å². The predicted molar refractivity (Wildman–Crippen MR) is 107 cm³/mol. The van der Waals surface area contributed by atoms with E-state index in [-0.39, 0.29) is 11.1 Å². The summed E-state index contributed by atoms with van der Waals surface area (Å²) in [6.45, 7) is 0. The van der Waals surface area contributed by atoms with E-state index in [2.05, 4.69) is 4.98 Å². The van der Waals surface area contributed by atoms with Gasteiger partial charge in [0.25, 0.3) is 11.7 Å². The fraction of sp³-hybridized carbons (Fsp3) is 0.0455. The minimum atomic E-state index is -0.942. The van der Waals surface area contributed by atoms with Crippen LogP contribution in [0, 0.1) is 5.82 Å². The predicted octanol–water partition coefficient (Wildman–Crippen LogP) is 4.50. The molecule has 1 aromatic heterocycles. The number of aliphatic hydroxyl groups excluding tert-OH is 1. The van der Waals surface area contributed by atoms with E-state index in [4.69, 9.17) is 11.6 Å². The van der Waals surface area contributed by atoms with Gasteiger partial charge in [-0.25, -0.2) is 4.39 Å². The number of aromatic nitrogens is 1. The first-order valence-corrected chi connectivity index (χ1v) is 9.08. The number of Topliss-reactive ketones (excluding diaryl/α,β-unsaturated/α-hetero) is 1. The molecule has 1 saturated heterocycles. The maximum absolute atomic E-state index is 13.3. The van der Waals surface area contributed by atoms with Crippen molar-refractivity contribution in [2.75, 3.05) is 4.90 Å². The van der Waals surface area contributed by atoms with Gasteiger partial charge in [0, 0.05) is 22.5 Å². The molecular weight excluding hydrogens is 395 g/mol. The Bertz CT molecular complexity index is 1110. The molecule has 1 aliphatic rings. The number of carbonyl (C=O) groups is 2. The van der Waals surface area contributed by atoms with Gasteiger partial charge in [0.2, 0.25) is 0 Å². The van der Waals surface area contributed by atoms with Gasteiger partial charge in [-0.3, -0.25) is 19.5 Å². The topological polar surface area (TPSA) is 70.5 Å². The Morgan fingerprint density at radius 2 is 1.69 bits per heavy atom. The highest BCUT2D eigenvalue weighted by Gasteiger charge is 2.47. The van der Waals surface area contributed by atoms with Crippen molar-refractivity contribution in [2.45, 2.75) is 6.04 Å². The number of ketones is 1. The Kier molecular flexibility index (Phi) is 4.86. The highest BCUT2D eigenvalue weighted by atomic mass is 35.5. The van der Waals surface area contributed by atoms with Gasteiger partial charge in [-0.15, -0.1) is 0 Å². The Balaban J connectivity index is 1.93. The molecule has 0 saturated carbocycles. The molecule has 2 aromatic carbocycles. The molecule has 5 nitrogen and oxygen atoms in total. The zero-order valence-electron chi connectivity index (χ0n) is 14.9. The molecule has 0 radical (unpaired) electrons. The molecule has 1 fully saturated rings. The van der Waals surface area contributed by atoms with Crippen LogP contribution in [0.3, 0.4) is 0 Å². The first kappa shape index (κ1) is 18.8. The summed E-state index contributed by atoms with van der Waals surface area (Å²) in [6, 6.07) is 15.6. The van der Waals surface area contributed by atoms with Crippen molar-refractivity contribution in [1.82, 2.24) is 4.98 Å². The normalized spacial score (nSPS) is 18.3. The second-order valence-electron chi connectivity index (χ2n) is 6.41. The standard InChI is InChI=1S/C22H14ClFN2O3/c23-14-6-10-16(11-7-14)26-19(17-3-1-2-12-25-17)18(21(28)22(26)29)20(27)13-4-8-15(24)9-5-13/h1-12,19,27H/b20-18-. The second-order valence-corrected chi connectivity index (χ2v) is 6.84. The molecular formula is C22H14ClFN2O3. The maximum atomic E-state index is 13.3. The minimum absolute atomic E-state index is 0.116. The summed E-state index contributed by atoms with van der Waals surface area (Å²) < 4.78 is 13.3. The summed E-state index contributed by atoms with van der Waals surface area (Å²) in [5, 5.41) is 11.3. The Morgan fingerprint density at radius 3 is 2.31 bits per heavy atom. The molecule has 0 spiro atoms. The maximum Gasteiger partial charge on any atom is 0.300 e. The number of pyridine rings is 1.